The third-order valence-electron chi connectivity index (χ3n) is 1.78. The fourth-order valence-electron chi connectivity index (χ4n) is 1.14. The Morgan fingerprint density at radius 1 is 1.64 bits per heavy atom. The van der Waals surface area contributed by atoms with Gasteiger partial charge in [0.05, 0.1) is 12.1 Å². The van der Waals surface area contributed by atoms with E-state index in [4.69, 9.17) is 5.11 Å². The van der Waals surface area contributed by atoms with Gasteiger partial charge in [0, 0.05) is 0 Å². The lowest BCUT2D eigenvalue weighted by Gasteiger charge is -1.96. The maximum atomic E-state index is 8.92. The molecule has 64 valence electrons. The summed E-state index contributed by atoms with van der Waals surface area (Å²) in [6.07, 6.45) is 4.51. The molecular weight excluding hydrogens is 142 g/mol. The summed E-state index contributed by atoms with van der Waals surface area (Å²) >= 11 is 0. The first-order valence-electron chi connectivity index (χ1n) is 4.22. The van der Waals surface area contributed by atoms with E-state index in [0.29, 0.717) is 6.42 Å². The minimum atomic E-state index is -0.674. The van der Waals surface area contributed by atoms with Crippen molar-refractivity contribution >= 4 is 5.71 Å². The average molecular weight is 157 g/mol. The van der Waals surface area contributed by atoms with Crippen molar-refractivity contribution in [2.75, 3.05) is 0 Å². The molecule has 0 radical (unpaired) electrons. The summed E-state index contributed by atoms with van der Waals surface area (Å²) in [5.74, 6) is 0. The molecule has 3 heteroatoms. The largest absolute Gasteiger partial charge is 0.364 e. The predicted molar refractivity (Wildman–Crippen MR) is 43.3 cm³/mol. The van der Waals surface area contributed by atoms with Gasteiger partial charge in [-0.2, -0.15) is 0 Å². The first kappa shape index (κ1) is 8.53. The van der Waals surface area contributed by atoms with Crippen LogP contribution in [0.25, 0.3) is 0 Å². The molecule has 1 N–H and O–H groups in total. The van der Waals surface area contributed by atoms with Crippen molar-refractivity contribution < 1.29 is 9.94 Å². The number of oxime groups is 1. The van der Waals surface area contributed by atoms with Gasteiger partial charge in [0.2, 0.25) is 6.29 Å². The molecule has 0 bridgehead atoms. The van der Waals surface area contributed by atoms with Gasteiger partial charge in [0.1, 0.15) is 0 Å². The van der Waals surface area contributed by atoms with Gasteiger partial charge in [-0.3, -0.25) is 0 Å². The van der Waals surface area contributed by atoms with Gasteiger partial charge in [0.25, 0.3) is 0 Å². The van der Waals surface area contributed by atoms with Crippen LogP contribution in [0.3, 0.4) is 0 Å². The monoisotopic (exact) mass is 157 g/mol. The topological polar surface area (TPSA) is 41.8 Å². The van der Waals surface area contributed by atoms with Crippen LogP contribution in [0, 0.1) is 0 Å². The van der Waals surface area contributed by atoms with Gasteiger partial charge >= 0.3 is 0 Å². The number of hydrogen-bond acceptors (Lipinski definition) is 3. The lowest BCUT2D eigenvalue weighted by molar-refractivity contribution is -0.0762. The Hall–Kier alpha value is -0.570. The lowest BCUT2D eigenvalue weighted by atomic mass is 10.1. The highest BCUT2D eigenvalue weighted by molar-refractivity contribution is 5.85. The van der Waals surface area contributed by atoms with Crippen LogP contribution < -0.4 is 0 Å². The highest BCUT2D eigenvalue weighted by Crippen LogP contribution is 2.12. The number of aliphatic hydroxyl groups is 1. The predicted octanol–water partition coefficient (Wildman–Crippen LogP) is 1.66. The van der Waals surface area contributed by atoms with E-state index in [2.05, 4.69) is 16.9 Å². The third-order valence-corrected chi connectivity index (χ3v) is 1.78. The molecule has 1 unspecified atom stereocenters. The second-order valence-electron chi connectivity index (χ2n) is 2.88. The van der Waals surface area contributed by atoms with Crippen LogP contribution in [-0.2, 0) is 4.84 Å². The summed E-state index contributed by atoms with van der Waals surface area (Å²) < 4.78 is 0. The third kappa shape index (κ3) is 2.89. The normalized spacial score (nSPS) is 23.1. The van der Waals surface area contributed by atoms with E-state index in [1.54, 1.807) is 0 Å². The molecule has 0 amide bonds. The summed E-state index contributed by atoms with van der Waals surface area (Å²) in [5, 5.41) is 12.7. The molecule has 1 aliphatic rings. The maximum absolute atomic E-state index is 8.92. The number of aliphatic hydroxyl groups excluding tert-OH is 1. The molecule has 0 aliphatic carbocycles. The molecule has 1 atom stereocenters. The number of rotatable bonds is 4. The molecule has 11 heavy (non-hydrogen) atoms. The Balaban J connectivity index is 2.08. The molecule has 0 aromatic heterocycles. The second-order valence-corrected chi connectivity index (χ2v) is 2.88. The molecule has 1 rings (SSSR count). The summed E-state index contributed by atoms with van der Waals surface area (Å²) in [6, 6.07) is 0. The fourth-order valence-corrected chi connectivity index (χ4v) is 1.14. The Morgan fingerprint density at radius 2 is 2.45 bits per heavy atom. The lowest BCUT2D eigenvalue weighted by Crippen LogP contribution is -2.05. The molecule has 0 saturated carbocycles. The highest BCUT2D eigenvalue weighted by atomic mass is 16.7. The summed E-state index contributed by atoms with van der Waals surface area (Å²) in [7, 11) is 0. The quantitative estimate of drug-likeness (QED) is 0.630. The fraction of sp³-hybridized carbons (Fsp3) is 0.875. The van der Waals surface area contributed by atoms with Crippen LogP contribution in [0.1, 0.15) is 39.0 Å². The zero-order valence-electron chi connectivity index (χ0n) is 6.92. The van der Waals surface area contributed by atoms with Crippen LogP contribution in [0.2, 0.25) is 0 Å². The number of hydrogen-bond donors (Lipinski definition) is 1. The van der Waals surface area contributed by atoms with E-state index in [9.17, 15) is 0 Å². The number of unbranched alkanes of at least 4 members (excludes halogenated alkanes) is 2. The Kier molecular flexibility index (Phi) is 3.36. The molecule has 1 heterocycles. The molecule has 0 fully saturated rings. The van der Waals surface area contributed by atoms with Crippen molar-refractivity contribution in [1.29, 1.82) is 0 Å². The molecule has 1 aliphatic heterocycles. The van der Waals surface area contributed by atoms with Gasteiger partial charge in [-0.25, -0.2) is 0 Å². The summed E-state index contributed by atoms with van der Waals surface area (Å²) in [4.78, 5) is 4.64. The first-order chi connectivity index (χ1) is 5.33. The van der Waals surface area contributed by atoms with Crippen molar-refractivity contribution in [3.05, 3.63) is 0 Å². The molecular formula is C8H15NO2. The highest BCUT2D eigenvalue weighted by Gasteiger charge is 2.16. The second kappa shape index (κ2) is 4.34. The van der Waals surface area contributed by atoms with Crippen LogP contribution >= 0.6 is 0 Å². The summed E-state index contributed by atoms with van der Waals surface area (Å²) in [5.41, 5.74) is 1.01. The average Bonchev–Trinajstić information content (AvgIpc) is 2.37. The minimum Gasteiger partial charge on any atom is -0.364 e. The summed E-state index contributed by atoms with van der Waals surface area (Å²) in [6.45, 7) is 2.17. The molecule has 0 aromatic rings. The zero-order valence-corrected chi connectivity index (χ0v) is 6.92. The Bertz CT molecular complexity index is 145. The van der Waals surface area contributed by atoms with Crippen LogP contribution in [0.15, 0.2) is 5.16 Å². The van der Waals surface area contributed by atoms with E-state index < -0.39 is 6.29 Å². The van der Waals surface area contributed by atoms with Crippen molar-refractivity contribution in [3.8, 4) is 0 Å². The SMILES string of the molecule is CCCCCC1=NOC(O)C1. The molecule has 0 aromatic carbocycles. The zero-order chi connectivity index (χ0) is 8.10. The van der Waals surface area contributed by atoms with Gasteiger partial charge in [-0.05, 0) is 12.8 Å². The van der Waals surface area contributed by atoms with E-state index in [-0.39, 0.29) is 0 Å². The van der Waals surface area contributed by atoms with E-state index >= 15 is 0 Å². The van der Waals surface area contributed by atoms with Crippen LogP contribution in [0.4, 0.5) is 0 Å². The standard InChI is InChI=1S/C8H15NO2/c1-2-3-4-5-7-6-8(10)11-9-7/h8,10H,2-6H2,1H3. The Labute approximate surface area is 67.0 Å². The number of nitrogens with zero attached hydrogens (tertiary/aromatic N) is 1. The van der Waals surface area contributed by atoms with E-state index in [1.165, 1.54) is 12.8 Å². The van der Waals surface area contributed by atoms with Gasteiger partial charge in [-0.1, -0.05) is 24.9 Å². The maximum Gasteiger partial charge on any atom is 0.229 e. The first-order valence-corrected chi connectivity index (χ1v) is 4.22. The van der Waals surface area contributed by atoms with Crippen molar-refractivity contribution in [2.24, 2.45) is 5.16 Å². The van der Waals surface area contributed by atoms with Crippen molar-refractivity contribution in [3.63, 3.8) is 0 Å². The molecule has 0 saturated heterocycles. The van der Waals surface area contributed by atoms with E-state index in [0.717, 1.165) is 18.6 Å². The molecule has 3 nitrogen and oxygen atoms in total. The van der Waals surface area contributed by atoms with E-state index in [1.807, 2.05) is 0 Å². The van der Waals surface area contributed by atoms with Crippen molar-refractivity contribution in [2.45, 2.75) is 45.3 Å². The Morgan fingerprint density at radius 3 is 3.00 bits per heavy atom. The van der Waals surface area contributed by atoms with Gasteiger partial charge in [-0.15, -0.1) is 0 Å². The van der Waals surface area contributed by atoms with Crippen LogP contribution in [-0.4, -0.2) is 17.1 Å². The smallest absolute Gasteiger partial charge is 0.229 e. The minimum absolute atomic E-state index is 0.601. The van der Waals surface area contributed by atoms with Gasteiger partial charge < -0.3 is 9.94 Å². The molecule has 0 spiro atoms. The van der Waals surface area contributed by atoms with Gasteiger partial charge in [0.15, 0.2) is 0 Å². The van der Waals surface area contributed by atoms with Crippen LogP contribution in [0.5, 0.6) is 0 Å². The van der Waals surface area contributed by atoms with Crippen molar-refractivity contribution in [1.82, 2.24) is 0 Å².